The zero-order valence-corrected chi connectivity index (χ0v) is 8.17. The summed E-state index contributed by atoms with van der Waals surface area (Å²) in [6.45, 7) is 5.72. The van der Waals surface area contributed by atoms with Crippen molar-refractivity contribution in [3.8, 4) is 0 Å². The minimum absolute atomic E-state index is 0.0647. The predicted molar refractivity (Wildman–Crippen MR) is 48.7 cm³/mol. The van der Waals surface area contributed by atoms with E-state index in [0.29, 0.717) is 0 Å². The number of carbonyl (C=O) groups excluding carboxylic acids is 1. The minimum Gasteiger partial charge on any atom is -0.462 e. The van der Waals surface area contributed by atoms with E-state index in [1.54, 1.807) is 0 Å². The van der Waals surface area contributed by atoms with Gasteiger partial charge in [-0.25, -0.2) is 0 Å². The molecule has 0 radical (unpaired) electrons. The quantitative estimate of drug-likeness (QED) is 0.640. The molecule has 12 heavy (non-hydrogen) atoms. The fourth-order valence-electron chi connectivity index (χ4n) is 0.862. The van der Waals surface area contributed by atoms with Crippen molar-refractivity contribution in [2.75, 3.05) is 0 Å². The van der Waals surface area contributed by atoms with Crippen LogP contribution >= 0.6 is 0 Å². The molecule has 0 aliphatic rings. The van der Waals surface area contributed by atoms with Crippen molar-refractivity contribution in [3.05, 3.63) is 0 Å². The molecule has 1 unspecified atom stereocenters. The molecule has 0 bridgehead atoms. The minimum atomic E-state index is -0.438. The highest BCUT2D eigenvalue weighted by atomic mass is 16.5. The molecule has 0 aliphatic heterocycles. The molecule has 0 aliphatic carbocycles. The Morgan fingerprint density at radius 3 is 2.50 bits per heavy atom. The van der Waals surface area contributed by atoms with Crippen LogP contribution in [-0.2, 0) is 9.53 Å². The van der Waals surface area contributed by atoms with Crippen LogP contribution in [0.2, 0.25) is 0 Å². The molecule has 2 N–H and O–H groups in total. The summed E-state index contributed by atoms with van der Waals surface area (Å²) in [7, 11) is 0. The highest BCUT2D eigenvalue weighted by Crippen LogP contribution is 2.01. The van der Waals surface area contributed by atoms with Gasteiger partial charge in [0.1, 0.15) is 6.04 Å². The van der Waals surface area contributed by atoms with Crippen molar-refractivity contribution in [2.45, 2.75) is 52.2 Å². The molecule has 0 fully saturated rings. The van der Waals surface area contributed by atoms with Crippen LogP contribution in [0.15, 0.2) is 0 Å². The van der Waals surface area contributed by atoms with Crippen molar-refractivity contribution in [3.63, 3.8) is 0 Å². The van der Waals surface area contributed by atoms with Crippen LogP contribution in [0, 0.1) is 0 Å². The second-order valence-corrected chi connectivity index (χ2v) is 3.23. The summed E-state index contributed by atoms with van der Waals surface area (Å²) in [6.07, 6.45) is 2.70. The van der Waals surface area contributed by atoms with Crippen molar-refractivity contribution in [2.24, 2.45) is 5.73 Å². The Labute approximate surface area is 74.3 Å². The van der Waals surface area contributed by atoms with Gasteiger partial charge in [-0.15, -0.1) is 0 Å². The van der Waals surface area contributed by atoms with Gasteiger partial charge < -0.3 is 10.5 Å². The summed E-state index contributed by atoms with van der Waals surface area (Å²) < 4.78 is 4.95. The van der Waals surface area contributed by atoms with Gasteiger partial charge in [-0.05, 0) is 20.3 Å². The lowest BCUT2D eigenvalue weighted by Crippen LogP contribution is -2.33. The molecule has 0 rings (SSSR count). The SMILES string of the molecule is CCCCC(N)C(=O)OC(C)C. The molecule has 3 heteroatoms. The van der Waals surface area contributed by atoms with Crippen LogP contribution in [0.3, 0.4) is 0 Å². The summed E-state index contributed by atoms with van der Waals surface area (Å²) in [5.74, 6) is -0.279. The molecule has 0 aromatic rings. The number of carbonyl (C=O) groups is 1. The van der Waals surface area contributed by atoms with E-state index in [1.165, 1.54) is 0 Å². The smallest absolute Gasteiger partial charge is 0.323 e. The van der Waals surface area contributed by atoms with Crippen LogP contribution in [0.1, 0.15) is 40.0 Å². The first-order chi connectivity index (χ1) is 5.57. The Hall–Kier alpha value is -0.570. The predicted octanol–water partition coefficient (Wildman–Crippen LogP) is 1.46. The van der Waals surface area contributed by atoms with E-state index in [-0.39, 0.29) is 12.1 Å². The third-order valence-corrected chi connectivity index (χ3v) is 1.52. The first-order valence-electron chi connectivity index (χ1n) is 4.54. The number of hydrogen-bond donors (Lipinski definition) is 1. The summed E-state index contributed by atoms with van der Waals surface area (Å²) in [5.41, 5.74) is 5.58. The molecule has 0 spiro atoms. The average molecular weight is 173 g/mol. The van der Waals surface area contributed by atoms with Crippen LogP contribution in [0.5, 0.6) is 0 Å². The normalized spacial score (nSPS) is 13.1. The van der Waals surface area contributed by atoms with Gasteiger partial charge in [0.15, 0.2) is 0 Å². The monoisotopic (exact) mass is 173 g/mol. The molecular weight excluding hydrogens is 154 g/mol. The number of ether oxygens (including phenoxy) is 1. The molecule has 0 amide bonds. The lowest BCUT2D eigenvalue weighted by molar-refractivity contribution is -0.149. The maximum Gasteiger partial charge on any atom is 0.323 e. The number of nitrogens with two attached hydrogens (primary N) is 1. The fraction of sp³-hybridized carbons (Fsp3) is 0.889. The van der Waals surface area contributed by atoms with Gasteiger partial charge in [0.2, 0.25) is 0 Å². The van der Waals surface area contributed by atoms with Gasteiger partial charge in [0, 0.05) is 0 Å². The first-order valence-corrected chi connectivity index (χ1v) is 4.54. The van der Waals surface area contributed by atoms with Gasteiger partial charge in [-0.1, -0.05) is 19.8 Å². The lowest BCUT2D eigenvalue weighted by atomic mass is 10.1. The Kier molecular flexibility index (Phi) is 5.72. The van der Waals surface area contributed by atoms with E-state index in [2.05, 4.69) is 6.92 Å². The summed E-state index contributed by atoms with van der Waals surface area (Å²) in [4.78, 5) is 11.1. The van der Waals surface area contributed by atoms with Crippen molar-refractivity contribution < 1.29 is 9.53 Å². The first kappa shape index (κ1) is 11.4. The van der Waals surface area contributed by atoms with Gasteiger partial charge >= 0.3 is 5.97 Å². The van der Waals surface area contributed by atoms with Crippen LogP contribution in [0.25, 0.3) is 0 Å². The van der Waals surface area contributed by atoms with E-state index in [4.69, 9.17) is 10.5 Å². The third-order valence-electron chi connectivity index (χ3n) is 1.52. The maximum absolute atomic E-state index is 11.1. The van der Waals surface area contributed by atoms with Crippen LogP contribution < -0.4 is 5.73 Å². The highest BCUT2D eigenvalue weighted by Gasteiger charge is 2.14. The van der Waals surface area contributed by atoms with Gasteiger partial charge in [-0.2, -0.15) is 0 Å². The molecule has 0 heterocycles. The van der Waals surface area contributed by atoms with E-state index in [0.717, 1.165) is 19.3 Å². The van der Waals surface area contributed by atoms with Gasteiger partial charge in [0.25, 0.3) is 0 Å². The van der Waals surface area contributed by atoms with Crippen molar-refractivity contribution >= 4 is 5.97 Å². The summed E-state index contributed by atoms with van der Waals surface area (Å²) in [5, 5.41) is 0. The van der Waals surface area contributed by atoms with E-state index in [1.807, 2.05) is 13.8 Å². The molecule has 3 nitrogen and oxygen atoms in total. The van der Waals surface area contributed by atoms with Crippen molar-refractivity contribution in [1.29, 1.82) is 0 Å². The van der Waals surface area contributed by atoms with E-state index >= 15 is 0 Å². The lowest BCUT2D eigenvalue weighted by Gasteiger charge is -2.12. The zero-order chi connectivity index (χ0) is 9.56. The zero-order valence-electron chi connectivity index (χ0n) is 8.17. The van der Waals surface area contributed by atoms with Gasteiger partial charge in [-0.3, -0.25) is 4.79 Å². The number of rotatable bonds is 5. The standard InChI is InChI=1S/C9H19NO2/c1-4-5-6-8(10)9(11)12-7(2)3/h7-8H,4-6,10H2,1-3H3. The maximum atomic E-state index is 11.1. The Morgan fingerprint density at radius 1 is 1.50 bits per heavy atom. The summed E-state index contributed by atoms with van der Waals surface area (Å²) >= 11 is 0. The van der Waals surface area contributed by atoms with E-state index < -0.39 is 6.04 Å². The molecule has 1 atom stereocenters. The van der Waals surface area contributed by atoms with Gasteiger partial charge in [0.05, 0.1) is 6.10 Å². The van der Waals surface area contributed by atoms with Crippen LogP contribution in [-0.4, -0.2) is 18.1 Å². The summed E-state index contributed by atoms with van der Waals surface area (Å²) in [6, 6.07) is -0.438. The molecule has 0 aromatic heterocycles. The molecule has 72 valence electrons. The Morgan fingerprint density at radius 2 is 2.08 bits per heavy atom. The van der Waals surface area contributed by atoms with Crippen molar-refractivity contribution in [1.82, 2.24) is 0 Å². The topological polar surface area (TPSA) is 52.3 Å². The molecular formula is C9H19NO2. The third kappa shape index (κ3) is 5.13. The highest BCUT2D eigenvalue weighted by molar-refractivity contribution is 5.75. The number of unbranched alkanes of at least 4 members (excludes halogenated alkanes) is 1. The molecule has 0 aromatic carbocycles. The second-order valence-electron chi connectivity index (χ2n) is 3.23. The number of hydrogen-bond acceptors (Lipinski definition) is 3. The van der Waals surface area contributed by atoms with Crippen LogP contribution in [0.4, 0.5) is 0 Å². The molecule has 0 saturated carbocycles. The second kappa shape index (κ2) is 6.00. The Bertz CT molecular complexity index is 134. The number of esters is 1. The Balaban J connectivity index is 3.61. The molecule has 0 saturated heterocycles. The fourth-order valence-corrected chi connectivity index (χ4v) is 0.862. The average Bonchev–Trinajstić information content (AvgIpc) is 1.98. The largest absolute Gasteiger partial charge is 0.462 e. The van der Waals surface area contributed by atoms with E-state index in [9.17, 15) is 4.79 Å².